The number of carbonyl (C=O) groups is 1. The maximum atomic E-state index is 10.5. The van der Waals surface area contributed by atoms with Gasteiger partial charge in [0.15, 0.2) is 0 Å². The molecule has 4 heteroatoms. The van der Waals surface area contributed by atoms with Crippen molar-refractivity contribution in [2.45, 2.75) is 0 Å². The van der Waals surface area contributed by atoms with Gasteiger partial charge in [0.25, 0.3) is 0 Å². The summed E-state index contributed by atoms with van der Waals surface area (Å²) >= 11 is -0.0402. The molecule has 0 aliphatic carbocycles. The summed E-state index contributed by atoms with van der Waals surface area (Å²) in [5.41, 5.74) is 2.27. The van der Waals surface area contributed by atoms with Crippen molar-refractivity contribution < 1.29 is 4.79 Å². The molecule has 54 valence electrons. The molecule has 0 unspecified atom stereocenters. The van der Waals surface area contributed by atoms with E-state index in [9.17, 15) is 4.79 Å². The molecule has 0 aliphatic heterocycles. The molecule has 1 aromatic carbocycles. The van der Waals surface area contributed by atoms with Crippen LogP contribution in [0, 0.1) is 0 Å². The molecule has 3 nitrogen and oxygen atoms in total. The van der Waals surface area contributed by atoms with E-state index in [0.717, 1.165) is 17.3 Å². The number of rotatable bonds is 1. The van der Waals surface area contributed by atoms with E-state index in [-0.39, 0.29) is 15.0 Å². The van der Waals surface area contributed by atoms with Crippen LogP contribution in [-0.2, 0) is 0 Å². The average molecular weight is 211 g/mol. The van der Waals surface area contributed by atoms with Gasteiger partial charge in [0.1, 0.15) is 0 Å². The molecule has 0 spiro atoms. The summed E-state index contributed by atoms with van der Waals surface area (Å²) in [5, 5.41) is 0. The monoisotopic (exact) mass is 212 g/mol. The van der Waals surface area contributed by atoms with E-state index in [0.29, 0.717) is 5.56 Å². The predicted molar refractivity (Wildman–Crippen MR) is 41.9 cm³/mol. The number of nitrogens with zero attached hydrogens (tertiary/aromatic N) is 2. The quantitative estimate of drug-likeness (QED) is 0.509. The van der Waals surface area contributed by atoms with Crippen LogP contribution in [0.15, 0.2) is 18.2 Å². The van der Waals surface area contributed by atoms with Crippen LogP contribution in [0.4, 0.5) is 0 Å². The van der Waals surface area contributed by atoms with Gasteiger partial charge in [0, 0.05) is 0 Å². The predicted octanol–water partition coefficient (Wildman–Crippen LogP) is 0.499. The fourth-order valence-corrected chi connectivity index (χ4v) is 2.09. The number of carbonyl (C=O) groups excluding carboxylic acids is 1. The second-order valence-corrected chi connectivity index (χ2v) is 3.21. The minimum absolute atomic E-state index is 0.0402. The number of aldehydes is 1. The molecule has 0 fully saturated rings. The summed E-state index contributed by atoms with van der Waals surface area (Å²) in [6, 6.07) is 5.45. The molecule has 1 heterocycles. The Balaban J connectivity index is 2.88. The first kappa shape index (κ1) is 6.70. The SMILES string of the molecule is O=Cc1cccc2n[se]nc12. The molecule has 0 saturated heterocycles. The first-order chi connectivity index (χ1) is 5.42. The second-order valence-electron chi connectivity index (χ2n) is 2.10. The number of aromatic nitrogens is 2. The third kappa shape index (κ3) is 1.00. The fraction of sp³-hybridized carbons (Fsp3) is 0. The van der Waals surface area contributed by atoms with Gasteiger partial charge in [-0.2, -0.15) is 0 Å². The summed E-state index contributed by atoms with van der Waals surface area (Å²) in [6.07, 6.45) is 0.819. The van der Waals surface area contributed by atoms with Crippen molar-refractivity contribution in [2.24, 2.45) is 0 Å². The Morgan fingerprint density at radius 3 is 3.09 bits per heavy atom. The van der Waals surface area contributed by atoms with Gasteiger partial charge >= 0.3 is 68.8 Å². The molecule has 1 aromatic heterocycles. The zero-order valence-electron chi connectivity index (χ0n) is 5.52. The summed E-state index contributed by atoms with van der Waals surface area (Å²) in [6.45, 7) is 0. The van der Waals surface area contributed by atoms with Gasteiger partial charge in [-0.3, -0.25) is 0 Å². The van der Waals surface area contributed by atoms with Crippen molar-refractivity contribution in [3.63, 3.8) is 0 Å². The Labute approximate surface area is 69.3 Å². The van der Waals surface area contributed by atoms with E-state index < -0.39 is 0 Å². The molecule has 0 radical (unpaired) electrons. The van der Waals surface area contributed by atoms with Gasteiger partial charge in [-0.1, -0.05) is 0 Å². The van der Waals surface area contributed by atoms with Crippen molar-refractivity contribution in [2.75, 3.05) is 0 Å². The van der Waals surface area contributed by atoms with Gasteiger partial charge < -0.3 is 0 Å². The molecule has 0 N–H and O–H groups in total. The average Bonchev–Trinajstić information content (AvgIpc) is 2.50. The molecule has 0 amide bonds. The van der Waals surface area contributed by atoms with Gasteiger partial charge in [-0.15, -0.1) is 0 Å². The standard InChI is InChI=1S/C7H4N2OSe/c10-4-5-2-1-3-6-7(5)9-11-8-6/h1-4H. The Morgan fingerprint density at radius 2 is 2.27 bits per heavy atom. The van der Waals surface area contributed by atoms with E-state index in [1.807, 2.05) is 12.1 Å². The van der Waals surface area contributed by atoms with Crippen LogP contribution in [0.3, 0.4) is 0 Å². The molecular weight excluding hydrogens is 207 g/mol. The Kier molecular flexibility index (Phi) is 1.56. The normalized spacial score (nSPS) is 10.2. The van der Waals surface area contributed by atoms with Crippen LogP contribution in [-0.4, -0.2) is 29.2 Å². The molecule has 2 aromatic rings. The fourth-order valence-electron chi connectivity index (χ4n) is 0.922. The van der Waals surface area contributed by atoms with Gasteiger partial charge in [0.2, 0.25) is 0 Å². The van der Waals surface area contributed by atoms with Crippen molar-refractivity contribution in [1.29, 1.82) is 0 Å². The van der Waals surface area contributed by atoms with Crippen molar-refractivity contribution >= 4 is 32.3 Å². The summed E-state index contributed by atoms with van der Waals surface area (Å²) in [5.74, 6) is 0. The third-order valence-corrected chi connectivity index (χ3v) is 2.58. The van der Waals surface area contributed by atoms with E-state index in [2.05, 4.69) is 7.96 Å². The zero-order chi connectivity index (χ0) is 7.68. The molecule has 0 atom stereocenters. The Morgan fingerprint density at radius 1 is 1.36 bits per heavy atom. The van der Waals surface area contributed by atoms with E-state index in [1.54, 1.807) is 6.07 Å². The topological polar surface area (TPSA) is 42.9 Å². The van der Waals surface area contributed by atoms with Crippen molar-refractivity contribution in [3.8, 4) is 0 Å². The number of hydrogen-bond acceptors (Lipinski definition) is 3. The molecular formula is C7H4N2OSe. The molecule has 0 saturated carbocycles. The second kappa shape index (κ2) is 2.57. The number of benzene rings is 1. The number of hydrogen-bond donors (Lipinski definition) is 0. The van der Waals surface area contributed by atoms with Gasteiger partial charge in [0.05, 0.1) is 0 Å². The van der Waals surface area contributed by atoms with Crippen LogP contribution in [0.5, 0.6) is 0 Å². The van der Waals surface area contributed by atoms with Crippen LogP contribution in [0.1, 0.15) is 10.4 Å². The van der Waals surface area contributed by atoms with Crippen LogP contribution in [0.2, 0.25) is 0 Å². The Hall–Kier alpha value is -0.991. The summed E-state index contributed by atoms with van der Waals surface area (Å²) in [4.78, 5) is 10.5. The van der Waals surface area contributed by atoms with Crippen LogP contribution >= 0.6 is 0 Å². The van der Waals surface area contributed by atoms with E-state index in [1.165, 1.54) is 0 Å². The van der Waals surface area contributed by atoms with Crippen LogP contribution in [0.25, 0.3) is 11.0 Å². The minimum atomic E-state index is -0.0402. The summed E-state index contributed by atoms with van der Waals surface area (Å²) < 4.78 is 8.28. The Bertz CT molecular complexity index is 396. The molecule has 0 aliphatic rings. The van der Waals surface area contributed by atoms with E-state index in [4.69, 9.17) is 0 Å². The molecule has 2 rings (SSSR count). The molecule has 11 heavy (non-hydrogen) atoms. The van der Waals surface area contributed by atoms with Crippen molar-refractivity contribution in [1.82, 2.24) is 7.96 Å². The van der Waals surface area contributed by atoms with Crippen LogP contribution < -0.4 is 0 Å². The maximum absolute atomic E-state index is 10.5. The van der Waals surface area contributed by atoms with E-state index >= 15 is 0 Å². The molecule has 0 bridgehead atoms. The number of fused-ring (bicyclic) bond motifs is 1. The van der Waals surface area contributed by atoms with Gasteiger partial charge in [-0.05, 0) is 0 Å². The van der Waals surface area contributed by atoms with Gasteiger partial charge in [-0.25, -0.2) is 0 Å². The summed E-state index contributed by atoms with van der Waals surface area (Å²) in [7, 11) is 0. The first-order valence-corrected chi connectivity index (χ1v) is 4.61. The zero-order valence-corrected chi connectivity index (χ0v) is 7.23. The van der Waals surface area contributed by atoms with Crippen molar-refractivity contribution in [3.05, 3.63) is 23.8 Å². The third-order valence-electron chi connectivity index (χ3n) is 1.44. The first-order valence-electron chi connectivity index (χ1n) is 3.08.